The largest absolute Gasteiger partial charge is 0.353 e. The van der Waals surface area contributed by atoms with E-state index in [1.165, 1.54) is 64.4 Å². The molecule has 3 N–H and O–H groups in total. The van der Waals surface area contributed by atoms with Gasteiger partial charge >= 0.3 is 0 Å². The Hall–Kier alpha value is -1.87. The van der Waals surface area contributed by atoms with E-state index in [-0.39, 0.29) is 11.5 Å². The second-order valence-electron chi connectivity index (χ2n) is 9.35. The van der Waals surface area contributed by atoms with Crippen molar-refractivity contribution in [3.63, 3.8) is 0 Å². The van der Waals surface area contributed by atoms with Crippen molar-refractivity contribution >= 4 is 21.8 Å². The van der Waals surface area contributed by atoms with E-state index < -0.39 is 0 Å². The van der Waals surface area contributed by atoms with Crippen molar-refractivity contribution in [3.05, 3.63) is 41.2 Å². The Morgan fingerprint density at radius 3 is 2.77 bits per heavy atom. The van der Waals surface area contributed by atoms with Crippen LogP contribution in [0.4, 0.5) is 0 Å². The van der Waals surface area contributed by atoms with Gasteiger partial charge in [0.2, 0.25) is 0 Å². The van der Waals surface area contributed by atoms with Gasteiger partial charge in [0.05, 0.1) is 11.2 Å². The van der Waals surface area contributed by atoms with E-state index in [1.54, 1.807) is 0 Å². The molecule has 2 heterocycles. The van der Waals surface area contributed by atoms with Crippen molar-refractivity contribution in [1.29, 1.82) is 0 Å². The Bertz CT molecular complexity index is 976. The fourth-order valence-electron chi connectivity index (χ4n) is 5.45. The molecule has 136 valence electrons. The molecule has 0 saturated heterocycles. The number of aromatic amines is 1. The SMILES string of the molecule is CC1(C)Cc2nc(CC3CCCC3)c3[nH]c4ccccc4c3c2C(N)C1. The maximum Gasteiger partial charge on any atom is 0.0687 e. The molecule has 3 aromatic rings. The normalized spacial score (nSPS) is 23.0. The van der Waals surface area contributed by atoms with E-state index in [0.29, 0.717) is 0 Å². The van der Waals surface area contributed by atoms with Crippen LogP contribution in [0.3, 0.4) is 0 Å². The molecule has 26 heavy (non-hydrogen) atoms. The van der Waals surface area contributed by atoms with Gasteiger partial charge in [-0.1, -0.05) is 57.7 Å². The summed E-state index contributed by atoms with van der Waals surface area (Å²) in [5, 5.41) is 2.66. The summed E-state index contributed by atoms with van der Waals surface area (Å²) in [4.78, 5) is 8.93. The first-order chi connectivity index (χ1) is 12.5. The predicted octanol–water partition coefficient (Wildman–Crippen LogP) is 5.42. The van der Waals surface area contributed by atoms with Crippen molar-refractivity contribution in [2.75, 3.05) is 0 Å². The molecule has 0 radical (unpaired) electrons. The summed E-state index contributed by atoms with van der Waals surface area (Å²) in [6.45, 7) is 4.65. The third-order valence-electron chi connectivity index (χ3n) is 6.59. The van der Waals surface area contributed by atoms with Crippen molar-refractivity contribution in [2.24, 2.45) is 17.1 Å². The zero-order valence-corrected chi connectivity index (χ0v) is 15.9. The summed E-state index contributed by atoms with van der Waals surface area (Å²) in [7, 11) is 0. The summed E-state index contributed by atoms with van der Waals surface area (Å²) in [6.07, 6.45) is 8.62. The highest BCUT2D eigenvalue weighted by Crippen LogP contribution is 2.44. The molecular weight excluding hydrogens is 318 g/mol. The summed E-state index contributed by atoms with van der Waals surface area (Å²) in [5.41, 5.74) is 13.2. The number of benzene rings is 1. The van der Waals surface area contributed by atoms with Gasteiger partial charge in [-0.15, -0.1) is 0 Å². The standard InChI is InChI=1S/C23H29N3/c1-23(2)12-16(24)21-19(13-23)25-18(11-14-7-3-4-8-14)22-20(21)15-9-5-6-10-17(15)26-22/h5-6,9-10,14,16,26H,3-4,7-8,11-13,24H2,1-2H3. The lowest BCUT2D eigenvalue weighted by Crippen LogP contribution is -2.31. The second-order valence-corrected chi connectivity index (χ2v) is 9.35. The number of nitrogens with one attached hydrogen (secondary N) is 1. The minimum atomic E-state index is 0.0727. The van der Waals surface area contributed by atoms with E-state index in [1.807, 2.05) is 0 Å². The average molecular weight is 348 g/mol. The number of nitrogens with zero attached hydrogens (tertiary/aromatic N) is 1. The minimum absolute atomic E-state index is 0.0727. The summed E-state index contributed by atoms with van der Waals surface area (Å²) >= 11 is 0. The van der Waals surface area contributed by atoms with Crippen molar-refractivity contribution in [3.8, 4) is 0 Å². The monoisotopic (exact) mass is 347 g/mol. The van der Waals surface area contributed by atoms with E-state index in [9.17, 15) is 0 Å². The molecular formula is C23H29N3. The van der Waals surface area contributed by atoms with Crippen LogP contribution >= 0.6 is 0 Å². The lowest BCUT2D eigenvalue weighted by molar-refractivity contribution is 0.279. The summed E-state index contributed by atoms with van der Waals surface area (Å²) in [5.74, 6) is 0.792. The fourth-order valence-corrected chi connectivity index (χ4v) is 5.45. The first kappa shape index (κ1) is 16.3. The highest BCUT2D eigenvalue weighted by Gasteiger charge is 2.34. The molecule has 3 nitrogen and oxygen atoms in total. The first-order valence-corrected chi connectivity index (χ1v) is 10.2. The van der Waals surface area contributed by atoms with Gasteiger partial charge in [-0.25, -0.2) is 0 Å². The van der Waals surface area contributed by atoms with E-state index >= 15 is 0 Å². The van der Waals surface area contributed by atoms with E-state index in [4.69, 9.17) is 10.7 Å². The van der Waals surface area contributed by atoms with Crippen LogP contribution in [0.15, 0.2) is 24.3 Å². The average Bonchev–Trinajstić information content (AvgIpc) is 3.21. The number of aromatic nitrogens is 2. The van der Waals surface area contributed by atoms with Gasteiger partial charge in [0.15, 0.2) is 0 Å². The number of hydrogen-bond donors (Lipinski definition) is 2. The van der Waals surface area contributed by atoms with Crippen LogP contribution in [-0.2, 0) is 12.8 Å². The van der Waals surface area contributed by atoms with Crippen LogP contribution < -0.4 is 5.73 Å². The molecule has 0 spiro atoms. The van der Waals surface area contributed by atoms with Crippen LogP contribution in [0.25, 0.3) is 21.8 Å². The Morgan fingerprint density at radius 1 is 1.19 bits per heavy atom. The second kappa shape index (κ2) is 5.82. The third kappa shape index (κ3) is 2.56. The predicted molar refractivity (Wildman–Crippen MR) is 108 cm³/mol. The number of pyridine rings is 1. The van der Waals surface area contributed by atoms with Crippen LogP contribution in [-0.4, -0.2) is 9.97 Å². The summed E-state index contributed by atoms with van der Waals surface area (Å²) in [6, 6.07) is 8.73. The van der Waals surface area contributed by atoms with Gasteiger partial charge in [-0.05, 0) is 36.7 Å². The third-order valence-corrected chi connectivity index (χ3v) is 6.59. The van der Waals surface area contributed by atoms with Gasteiger partial charge in [0.25, 0.3) is 0 Å². The van der Waals surface area contributed by atoms with Gasteiger partial charge in [-0.3, -0.25) is 4.98 Å². The van der Waals surface area contributed by atoms with Gasteiger partial charge in [-0.2, -0.15) is 0 Å². The minimum Gasteiger partial charge on any atom is -0.353 e. The smallest absolute Gasteiger partial charge is 0.0687 e. The summed E-state index contributed by atoms with van der Waals surface area (Å²) < 4.78 is 0. The molecule has 1 atom stereocenters. The van der Waals surface area contributed by atoms with Gasteiger partial charge in [0, 0.05) is 33.6 Å². The molecule has 2 aliphatic carbocycles. The molecule has 0 bridgehead atoms. The first-order valence-electron chi connectivity index (χ1n) is 10.2. The molecule has 2 aliphatic rings. The van der Waals surface area contributed by atoms with Crippen molar-refractivity contribution < 1.29 is 0 Å². The maximum absolute atomic E-state index is 6.70. The number of H-pyrrole nitrogens is 1. The molecule has 5 rings (SSSR count). The molecule has 1 saturated carbocycles. The molecule has 1 unspecified atom stereocenters. The van der Waals surface area contributed by atoms with Crippen molar-refractivity contribution in [1.82, 2.24) is 9.97 Å². The van der Waals surface area contributed by atoms with E-state index in [0.717, 1.165) is 25.2 Å². The lowest BCUT2D eigenvalue weighted by Gasteiger charge is -2.35. The zero-order chi connectivity index (χ0) is 17.9. The van der Waals surface area contributed by atoms with E-state index in [2.05, 4.69) is 43.1 Å². The molecule has 0 aliphatic heterocycles. The highest BCUT2D eigenvalue weighted by atomic mass is 14.8. The zero-order valence-electron chi connectivity index (χ0n) is 15.9. The van der Waals surface area contributed by atoms with Crippen molar-refractivity contribution in [2.45, 2.75) is 64.8 Å². The quantitative estimate of drug-likeness (QED) is 0.650. The Kier molecular flexibility index (Phi) is 3.65. The molecule has 1 aromatic carbocycles. The number of rotatable bonds is 2. The molecule has 3 heteroatoms. The number of fused-ring (bicyclic) bond motifs is 5. The molecule has 0 amide bonds. The Morgan fingerprint density at radius 2 is 1.96 bits per heavy atom. The fraction of sp³-hybridized carbons (Fsp3) is 0.522. The highest BCUT2D eigenvalue weighted by molar-refractivity contribution is 6.10. The number of para-hydroxylation sites is 1. The van der Waals surface area contributed by atoms with Gasteiger partial charge in [0.1, 0.15) is 0 Å². The Balaban J connectivity index is 1.78. The van der Waals surface area contributed by atoms with Crippen LogP contribution in [0, 0.1) is 11.3 Å². The maximum atomic E-state index is 6.70. The molecule has 1 fully saturated rings. The number of nitrogens with two attached hydrogens (primary N) is 1. The topological polar surface area (TPSA) is 54.7 Å². The molecule has 2 aromatic heterocycles. The van der Waals surface area contributed by atoms with Crippen LogP contribution in [0.5, 0.6) is 0 Å². The van der Waals surface area contributed by atoms with Crippen LogP contribution in [0.2, 0.25) is 0 Å². The Labute approximate surface area is 155 Å². The lowest BCUT2D eigenvalue weighted by atomic mass is 9.73. The number of hydrogen-bond acceptors (Lipinski definition) is 2. The van der Waals surface area contributed by atoms with Crippen LogP contribution in [0.1, 0.15) is 68.9 Å². The van der Waals surface area contributed by atoms with Gasteiger partial charge < -0.3 is 10.7 Å².